The lowest BCUT2D eigenvalue weighted by molar-refractivity contribution is 0.600. The minimum absolute atomic E-state index is 0.167. The molecule has 0 atom stereocenters. The molecule has 0 saturated heterocycles. The Morgan fingerprint density at radius 2 is 1.86 bits per heavy atom. The summed E-state index contributed by atoms with van der Waals surface area (Å²) < 4.78 is 27.6. The average molecular weight is 326 g/mol. The number of sulfonamides is 1. The summed E-state index contributed by atoms with van der Waals surface area (Å²) in [6, 6.07) is 4.77. The number of hydrogen-bond acceptors (Lipinski definition) is 4. The van der Waals surface area contributed by atoms with Crippen LogP contribution in [-0.4, -0.2) is 13.4 Å². The van der Waals surface area contributed by atoms with Crippen LogP contribution in [0.15, 0.2) is 29.3 Å². The van der Waals surface area contributed by atoms with E-state index in [1.807, 2.05) is 6.92 Å². The molecule has 0 radical (unpaired) electrons. The van der Waals surface area contributed by atoms with Gasteiger partial charge in [0.25, 0.3) is 10.0 Å². The number of rotatable bonds is 3. The molecule has 1 aromatic carbocycles. The molecule has 0 spiro atoms. The number of hydrogen-bond donors (Lipinski definition) is 2. The number of nitrogens with one attached hydrogen (secondary N) is 1. The third-order valence-corrected chi connectivity index (χ3v) is 5.07. The van der Waals surface area contributed by atoms with Crippen LogP contribution in [0.5, 0.6) is 0 Å². The smallest absolute Gasteiger partial charge is 0.263 e. The molecule has 0 aliphatic carbocycles. The summed E-state index contributed by atoms with van der Waals surface area (Å²) >= 11 is 5.83. The summed E-state index contributed by atoms with van der Waals surface area (Å²) in [5, 5.41) is 0.402. The lowest BCUT2D eigenvalue weighted by atomic mass is 10.1. The maximum Gasteiger partial charge on any atom is 0.263 e. The largest absolute Gasteiger partial charge is 0.398 e. The highest BCUT2D eigenvalue weighted by Crippen LogP contribution is 2.29. The van der Waals surface area contributed by atoms with Gasteiger partial charge in [-0.15, -0.1) is 0 Å². The molecule has 0 bridgehead atoms. The molecule has 112 valence electrons. The van der Waals surface area contributed by atoms with Crippen molar-refractivity contribution in [3.05, 3.63) is 46.1 Å². The Morgan fingerprint density at radius 3 is 2.48 bits per heavy atom. The third-order valence-electron chi connectivity index (χ3n) is 3.19. The van der Waals surface area contributed by atoms with Gasteiger partial charge in [0.15, 0.2) is 0 Å². The Morgan fingerprint density at radius 1 is 1.19 bits per heavy atom. The SMILES string of the molecule is Cc1cc(C)c(S(=O)(=O)Nc2cc(Cl)ccn2)c(C)c1N. The molecule has 2 rings (SSSR count). The van der Waals surface area contributed by atoms with E-state index in [2.05, 4.69) is 9.71 Å². The Bertz CT molecular complexity index is 804. The van der Waals surface area contributed by atoms with Gasteiger partial charge in [0.1, 0.15) is 5.82 Å². The minimum Gasteiger partial charge on any atom is -0.398 e. The van der Waals surface area contributed by atoms with Crippen LogP contribution in [0, 0.1) is 20.8 Å². The first-order valence-corrected chi connectivity index (χ1v) is 8.09. The molecule has 3 N–H and O–H groups in total. The van der Waals surface area contributed by atoms with Crippen LogP contribution in [0.4, 0.5) is 11.5 Å². The molecule has 0 fully saturated rings. The maximum absolute atomic E-state index is 12.6. The van der Waals surface area contributed by atoms with Crippen molar-refractivity contribution in [3.63, 3.8) is 0 Å². The first kappa shape index (κ1) is 15.6. The molecular formula is C14H16ClN3O2S. The number of aromatic nitrogens is 1. The Labute approximate surface area is 129 Å². The zero-order valence-electron chi connectivity index (χ0n) is 11.9. The Kier molecular flexibility index (Phi) is 4.11. The molecule has 21 heavy (non-hydrogen) atoms. The lowest BCUT2D eigenvalue weighted by Crippen LogP contribution is -2.17. The molecule has 1 aromatic heterocycles. The van der Waals surface area contributed by atoms with Crippen LogP contribution < -0.4 is 10.5 Å². The van der Waals surface area contributed by atoms with Gasteiger partial charge in [0, 0.05) is 23.0 Å². The van der Waals surface area contributed by atoms with E-state index in [-0.39, 0.29) is 10.7 Å². The quantitative estimate of drug-likeness (QED) is 0.849. The van der Waals surface area contributed by atoms with Gasteiger partial charge in [-0.1, -0.05) is 17.7 Å². The number of nitrogens with zero attached hydrogens (tertiary/aromatic N) is 1. The minimum atomic E-state index is -3.78. The number of nitrogens with two attached hydrogens (primary N) is 1. The summed E-state index contributed by atoms with van der Waals surface area (Å²) in [6.45, 7) is 5.27. The number of pyridine rings is 1. The standard InChI is InChI=1S/C14H16ClN3O2S/c1-8-6-9(2)14(10(3)13(8)16)21(19,20)18-12-7-11(15)4-5-17-12/h4-7H,16H2,1-3H3,(H,17,18). The third kappa shape index (κ3) is 3.11. The van der Waals surface area contributed by atoms with Gasteiger partial charge in [0.05, 0.1) is 4.90 Å². The van der Waals surface area contributed by atoms with Gasteiger partial charge in [-0.2, -0.15) is 0 Å². The first-order chi connectivity index (χ1) is 9.72. The predicted molar refractivity (Wildman–Crippen MR) is 85.1 cm³/mol. The molecule has 0 amide bonds. The first-order valence-electron chi connectivity index (χ1n) is 6.23. The maximum atomic E-state index is 12.6. The van der Waals surface area contributed by atoms with Crippen LogP contribution >= 0.6 is 11.6 Å². The van der Waals surface area contributed by atoms with Crippen molar-refractivity contribution in [1.82, 2.24) is 4.98 Å². The summed E-state index contributed by atoms with van der Waals surface area (Å²) in [4.78, 5) is 4.12. The van der Waals surface area contributed by atoms with Crippen molar-refractivity contribution < 1.29 is 8.42 Å². The van der Waals surface area contributed by atoms with E-state index in [0.717, 1.165) is 5.56 Å². The summed E-state index contributed by atoms with van der Waals surface area (Å²) in [5.41, 5.74) is 8.42. The molecule has 2 aromatic rings. The van der Waals surface area contributed by atoms with E-state index in [4.69, 9.17) is 17.3 Å². The second-order valence-corrected chi connectivity index (χ2v) is 6.90. The highest BCUT2D eigenvalue weighted by molar-refractivity contribution is 7.92. The number of nitrogen functional groups attached to an aromatic ring is 1. The normalized spacial score (nSPS) is 11.4. The molecule has 1 heterocycles. The number of benzene rings is 1. The van der Waals surface area contributed by atoms with E-state index in [1.165, 1.54) is 12.3 Å². The van der Waals surface area contributed by atoms with Crippen molar-refractivity contribution in [2.24, 2.45) is 0 Å². The van der Waals surface area contributed by atoms with Crippen molar-refractivity contribution >= 4 is 33.1 Å². The van der Waals surface area contributed by atoms with Gasteiger partial charge in [0.2, 0.25) is 0 Å². The fraction of sp³-hybridized carbons (Fsp3) is 0.214. The summed E-state index contributed by atoms with van der Waals surface area (Å²) in [6.07, 6.45) is 1.43. The van der Waals surface area contributed by atoms with Gasteiger partial charge in [-0.3, -0.25) is 4.72 Å². The van der Waals surface area contributed by atoms with Gasteiger partial charge in [-0.05, 0) is 43.5 Å². The second kappa shape index (κ2) is 5.54. The molecular weight excluding hydrogens is 310 g/mol. The van der Waals surface area contributed by atoms with Crippen molar-refractivity contribution in [3.8, 4) is 0 Å². The van der Waals surface area contributed by atoms with Crippen molar-refractivity contribution in [1.29, 1.82) is 0 Å². The molecule has 0 aliphatic rings. The van der Waals surface area contributed by atoms with E-state index < -0.39 is 10.0 Å². The van der Waals surface area contributed by atoms with E-state index in [1.54, 1.807) is 26.0 Å². The average Bonchev–Trinajstić information content (AvgIpc) is 2.35. The molecule has 5 nitrogen and oxygen atoms in total. The van der Waals surface area contributed by atoms with E-state index in [9.17, 15) is 8.42 Å². The van der Waals surface area contributed by atoms with Crippen LogP contribution in [0.2, 0.25) is 5.02 Å². The molecule has 0 aliphatic heterocycles. The molecule has 0 unspecified atom stereocenters. The predicted octanol–water partition coefficient (Wildman–Crippen LogP) is 3.04. The highest BCUT2D eigenvalue weighted by atomic mass is 35.5. The second-order valence-electron chi connectivity index (χ2n) is 4.84. The monoisotopic (exact) mass is 325 g/mol. The zero-order chi connectivity index (χ0) is 15.8. The summed E-state index contributed by atoms with van der Waals surface area (Å²) in [5.74, 6) is 0.167. The van der Waals surface area contributed by atoms with Crippen molar-refractivity contribution in [2.75, 3.05) is 10.5 Å². The zero-order valence-corrected chi connectivity index (χ0v) is 13.5. The molecule has 0 saturated carbocycles. The van der Waals surface area contributed by atoms with E-state index in [0.29, 0.717) is 21.8 Å². The van der Waals surface area contributed by atoms with Gasteiger partial charge >= 0.3 is 0 Å². The highest BCUT2D eigenvalue weighted by Gasteiger charge is 2.22. The fourth-order valence-corrected chi connectivity index (χ4v) is 3.89. The van der Waals surface area contributed by atoms with Crippen LogP contribution in [0.25, 0.3) is 0 Å². The van der Waals surface area contributed by atoms with Crippen LogP contribution in [-0.2, 0) is 10.0 Å². The Balaban J connectivity index is 2.53. The van der Waals surface area contributed by atoms with Crippen molar-refractivity contribution in [2.45, 2.75) is 25.7 Å². The number of anilines is 2. The fourth-order valence-electron chi connectivity index (χ4n) is 2.24. The topological polar surface area (TPSA) is 85.1 Å². The van der Waals surface area contributed by atoms with Crippen LogP contribution in [0.1, 0.15) is 16.7 Å². The van der Waals surface area contributed by atoms with Gasteiger partial charge in [-0.25, -0.2) is 13.4 Å². The lowest BCUT2D eigenvalue weighted by Gasteiger charge is -2.15. The number of aryl methyl sites for hydroxylation is 2. The Hall–Kier alpha value is -1.79. The van der Waals surface area contributed by atoms with E-state index >= 15 is 0 Å². The summed E-state index contributed by atoms with van der Waals surface area (Å²) in [7, 11) is -3.78. The molecule has 7 heteroatoms. The van der Waals surface area contributed by atoms with Crippen LogP contribution in [0.3, 0.4) is 0 Å². The van der Waals surface area contributed by atoms with Gasteiger partial charge < -0.3 is 5.73 Å². The number of halogens is 1.